The zero-order valence-electron chi connectivity index (χ0n) is 15.8. The second-order valence-electron chi connectivity index (χ2n) is 7.33. The Balaban J connectivity index is 1.82. The predicted octanol–water partition coefficient (Wildman–Crippen LogP) is 5.11. The maximum atomic E-state index is 4.85. The second kappa shape index (κ2) is 6.27. The van der Waals surface area contributed by atoms with Crippen molar-refractivity contribution in [2.45, 2.75) is 19.4 Å². The van der Waals surface area contributed by atoms with E-state index in [1.807, 2.05) is 61.8 Å². The van der Waals surface area contributed by atoms with Crippen LogP contribution in [0.15, 0.2) is 79.1 Å². The van der Waals surface area contributed by atoms with Crippen LogP contribution in [-0.4, -0.2) is 15.0 Å². The third-order valence-electron chi connectivity index (χ3n) is 5.25. The smallest absolute Gasteiger partial charge is 0.0963 e. The fourth-order valence-corrected chi connectivity index (χ4v) is 3.84. The van der Waals surface area contributed by atoms with Gasteiger partial charge in [-0.15, -0.1) is 0 Å². The Hall–Kier alpha value is -3.53. The van der Waals surface area contributed by atoms with E-state index in [4.69, 9.17) is 4.98 Å². The van der Waals surface area contributed by atoms with Crippen molar-refractivity contribution < 1.29 is 0 Å². The Morgan fingerprint density at radius 3 is 2.39 bits per heavy atom. The van der Waals surface area contributed by atoms with Crippen LogP contribution in [0.5, 0.6) is 0 Å². The summed E-state index contributed by atoms with van der Waals surface area (Å²) in [6.07, 6.45) is 5.89. The van der Waals surface area contributed by atoms with Crippen LogP contribution in [0.2, 0.25) is 0 Å². The van der Waals surface area contributed by atoms with E-state index >= 15 is 0 Å². The van der Waals surface area contributed by atoms with Gasteiger partial charge in [0.25, 0.3) is 0 Å². The van der Waals surface area contributed by atoms with Crippen LogP contribution in [-0.2, 0) is 5.54 Å². The Morgan fingerprint density at radius 2 is 1.64 bits per heavy atom. The molecule has 28 heavy (non-hydrogen) atoms. The summed E-state index contributed by atoms with van der Waals surface area (Å²) in [5.41, 5.74) is 6.62. The van der Waals surface area contributed by atoms with Gasteiger partial charge in [-0.2, -0.15) is 0 Å². The van der Waals surface area contributed by atoms with E-state index in [1.54, 1.807) is 0 Å². The van der Waals surface area contributed by atoms with Gasteiger partial charge in [-0.1, -0.05) is 30.3 Å². The van der Waals surface area contributed by atoms with Crippen LogP contribution < -0.4 is 5.32 Å². The summed E-state index contributed by atoms with van der Waals surface area (Å²) in [7, 11) is 0. The zero-order valence-corrected chi connectivity index (χ0v) is 15.8. The van der Waals surface area contributed by atoms with Crippen LogP contribution in [0.25, 0.3) is 16.5 Å². The standard InChI is InChI=1S/C24H20N4/c1-16-9-10-17-11-12-18-19(20-7-3-5-13-25-20)15-24(2,21-8-4-6-14-26-21)28-23(18)22(17)27-16/h3-15,28H,1-2H3. The van der Waals surface area contributed by atoms with E-state index in [0.29, 0.717) is 0 Å². The van der Waals surface area contributed by atoms with E-state index in [0.717, 1.165) is 44.8 Å². The van der Waals surface area contributed by atoms with Gasteiger partial charge < -0.3 is 5.32 Å². The molecule has 0 saturated heterocycles. The molecule has 1 unspecified atom stereocenters. The van der Waals surface area contributed by atoms with Gasteiger partial charge in [-0.25, -0.2) is 0 Å². The molecule has 3 aromatic heterocycles. The van der Waals surface area contributed by atoms with Crippen molar-refractivity contribution in [1.82, 2.24) is 15.0 Å². The molecule has 1 aliphatic rings. The number of nitrogens with zero attached hydrogens (tertiary/aromatic N) is 3. The number of anilines is 1. The summed E-state index contributed by atoms with van der Waals surface area (Å²) in [5, 5.41) is 4.84. The molecule has 0 fully saturated rings. The largest absolute Gasteiger partial charge is 0.369 e. The molecule has 4 heteroatoms. The fourth-order valence-electron chi connectivity index (χ4n) is 3.84. The molecule has 0 aliphatic carbocycles. The van der Waals surface area contributed by atoms with Crippen molar-refractivity contribution >= 4 is 22.2 Å². The van der Waals surface area contributed by atoms with Crippen LogP contribution in [0.4, 0.5) is 5.69 Å². The summed E-state index contributed by atoms with van der Waals surface area (Å²) < 4.78 is 0. The van der Waals surface area contributed by atoms with Crippen molar-refractivity contribution in [2.24, 2.45) is 0 Å². The topological polar surface area (TPSA) is 50.7 Å². The Morgan fingerprint density at radius 1 is 0.857 bits per heavy atom. The number of nitrogens with one attached hydrogen (secondary N) is 1. The lowest BCUT2D eigenvalue weighted by molar-refractivity contribution is 0.659. The molecule has 4 heterocycles. The molecule has 4 nitrogen and oxygen atoms in total. The molecule has 136 valence electrons. The van der Waals surface area contributed by atoms with Crippen LogP contribution in [0, 0.1) is 6.92 Å². The average molecular weight is 364 g/mol. The first-order chi connectivity index (χ1) is 13.6. The number of benzene rings is 1. The number of aryl methyl sites for hydroxylation is 1. The maximum absolute atomic E-state index is 4.85. The lowest BCUT2D eigenvalue weighted by Crippen LogP contribution is -2.34. The van der Waals surface area contributed by atoms with E-state index in [-0.39, 0.29) is 0 Å². The third kappa shape index (κ3) is 2.65. The zero-order chi connectivity index (χ0) is 19.1. The third-order valence-corrected chi connectivity index (χ3v) is 5.25. The highest BCUT2D eigenvalue weighted by Gasteiger charge is 2.33. The van der Waals surface area contributed by atoms with Crippen molar-refractivity contribution in [3.63, 3.8) is 0 Å². The van der Waals surface area contributed by atoms with Gasteiger partial charge in [0.05, 0.1) is 28.1 Å². The quantitative estimate of drug-likeness (QED) is 0.537. The van der Waals surface area contributed by atoms with Gasteiger partial charge in [-0.3, -0.25) is 15.0 Å². The van der Waals surface area contributed by atoms with E-state index in [1.165, 1.54) is 0 Å². The Kier molecular flexibility index (Phi) is 3.72. The molecule has 5 rings (SSSR count). The number of pyridine rings is 3. The van der Waals surface area contributed by atoms with Gasteiger partial charge in [-0.05, 0) is 50.3 Å². The first-order valence-corrected chi connectivity index (χ1v) is 9.39. The second-order valence-corrected chi connectivity index (χ2v) is 7.33. The van der Waals surface area contributed by atoms with Gasteiger partial charge in [0.2, 0.25) is 0 Å². The summed E-state index contributed by atoms with van der Waals surface area (Å²) in [5.74, 6) is 0. The highest BCUT2D eigenvalue weighted by atomic mass is 15.0. The minimum Gasteiger partial charge on any atom is -0.369 e. The summed E-state index contributed by atoms with van der Waals surface area (Å²) >= 11 is 0. The molecule has 1 aliphatic heterocycles. The first-order valence-electron chi connectivity index (χ1n) is 9.39. The van der Waals surface area contributed by atoms with E-state index < -0.39 is 5.54 Å². The maximum Gasteiger partial charge on any atom is 0.0963 e. The highest BCUT2D eigenvalue weighted by Crippen LogP contribution is 2.43. The Labute approximate surface area is 164 Å². The van der Waals surface area contributed by atoms with E-state index in [2.05, 4.69) is 46.5 Å². The SMILES string of the molecule is Cc1ccc2ccc3c(c2n1)NC(C)(c1ccccn1)C=C3c1ccccn1. The monoisotopic (exact) mass is 364 g/mol. The van der Waals surface area contributed by atoms with Crippen molar-refractivity contribution in [1.29, 1.82) is 0 Å². The predicted molar refractivity (Wildman–Crippen MR) is 113 cm³/mol. The van der Waals surface area contributed by atoms with Crippen LogP contribution in [0.3, 0.4) is 0 Å². The number of aromatic nitrogens is 3. The van der Waals surface area contributed by atoms with Crippen LogP contribution >= 0.6 is 0 Å². The normalized spacial score (nSPS) is 18.3. The molecule has 0 saturated carbocycles. The number of hydrogen-bond acceptors (Lipinski definition) is 4. The number of rotatable bonds is 2. The molecule has 1 aromatic carbocycles. The lowest BCUT2D eigenvalue weighted by atomic mass is 9.84. The summed E-state index contributed by atoms with van der Waals surface area (Å²) in [6, 6.07) is 20.5. The lowest BCUT2D eigenvalue weighted by Gasteiger charge is -2.35. The van der Waals surface area contributed by atoms with Gasteiger partial charge >= 0.3 is 0 Å². The van der Waals surface area contributed by atoms with Crippen molar-refractivity contribution in [2.75, 3.05) is 5.32 Å². The molecular formula is C24H20N4. The Bertz CT molecular complexity index is 1200. The summed E-state index contributed by atoms with van der Waals surface area (Å²) in [6.45, 7) is 4.17. The highest BCUT2D eigenvalue weighted by molar-refractivity contribution is 6.01. The molecule has 0 amide bonds. The van der Waals surface area contributed by atoms with E-state index in [9.17, 15) is 0 Å². The molecule has 1 N–H and O–H groups in total. The number of fused-ring (bicyclic) bond motifs is 3. The molecule has 0 radical (unpaired) electrons. The van der Waals surface area contributed by atoms with Gasteiger partial charge in [0.1, 0.15) is 0 Å². The molecule has 1 atom stereocenters. The molecular weight excluding hydrogens is 344 g/mol. The average Bonchev–Trinajstić information content (AvgIpc) is 2.74. The first kappa shape index (κ1) is 16.6. The van der Waals surface area contributed by atoms with Gasteiger partial charge in [0, 0.05) is 34.6 Å². The molecule has 0 spiro atoms. The molecule has 0 bridgehead atoms. The fraction of sp³-hybridized carbons (Fsp3) is 0.125. The van der Waals surface area contributed by atoms with Crippen molar-refractivity contribution in [3.05, 3.63) is 102 Å². The minimum atomic E-state index is -0.471. The van der Waals surface area contributed by atoms with Gasteiger partial charge in [0.15, 0.2) is 0 Å². The molecule has 4 aromatic rings. The van der Waals surface area contributed by atoms with Crippen molar-refractivity contribution in [3.8, 4) is 0 Å². The number of hydrogen-bond donors (Lipinski definition) is 1. The summed E-state index contributed by atoms with van der Waals surface area (Å²) in [4.78, 5) is 14.1. The minimum absolute atomic E-state index is 0.471. The van der Waals surface area contributed by atoms with Crippen LogP contribution in [0.1, 0.15) is 29.6 Å².